The molecule has 1 saturated heterocycles. The lowest BCUT2D eigenvalue weighted by molar-refractivity contribution is -0.125. The monoisotopic (exact) mass is 353 g/mol. The van der Waals surface area contributed by atoms with Crippen LogP contribution < -0.4 is 10.1 Å². The Morgan fingerprint density at radius 3 is 2.38 bits per heavy atom. The second-order valence-corrected chi connectivity index (χ2v) is 6.88. The van der Waals surface area contributed by atoms with Crippen LogP contribution in [0.1, 0.15) is 38.7 Å². The summed E-state index contributed by atoms with van der Waals surface area (Å²) in [6, 6.07) is 17.6. The average molecular weight is 353 g/mol. The van der Waals surface area contributed by atoms with Crippen LogP contribution in [0.2, 0.25) is 0 Å². The van der Waals surface area contributed by atoms with E-state index in [-0.39, 0.29) is 12.0 Å². The SMILES string of the molecule is CC[C@H](C)Oc1ccc(NC(=O)C2(c3ccccc3)CCOCC2)cc1. The van der Waals surface area contributed by atoms with E-state index in [1.807, 2.05) is 61.5 Å². The van der Waals surface area contributed by atoms with E-state index < -0.39 is 5.41 Å². The van der Waals surface area contributed by atoms with Crippen LogP contribution in [0.4, 0.5) is 5.69 Å². The maximum atomic E-state index is 13.2. The van der Waals surface area contributed by atoms with Gasteiger partial charge in [0.1, 0.15) is 5.75 Å². The van der Waals surface area contributed by atoms with Crippen molar-refractivity contribution in [3.05, 3.63) is 60.2 Å². The van der Waals surface area contributed by atoms with Crippen LogP contribution in [0.5, 0.6) is 5.75 Å². The van der Waals surface area contributed by atoms with E-state index in [0.717, 1.165) is 23.4 Å². The normalized spacial score (nSPS) is 17.3. The number of anilines is 1. The molecule has 1 aliphatic heterocycles. The van der Waals surface area contributed by atoms with Crippen molar-refractivity contribution in [2.75, 3.05) is 18.5 Å². The fourth-order valence-electron chi connectivity index (χ4n) is 3.31. The van der Waals surface area contributed by atoms with Gasteiger partial charge in [0.15, 0.2) is 0 Å². The number of nitrogens with one attached hydrogen (secondary N) is 1. The number of hydrogen-bond donors (Lipinski definition) is 1. The number of ether oxygens (including phenoxy) is 2. The molecule has 1 heterocycles. The first kappa shape index (κ1) is 18.5. The van der Waals surface area contributed by atoms with Gasteiger partial charge in [0.25, 0.3) is 0 Å². The summed E-state index contributed by atoms with van der Waals surface area (Å²) < 4.78 is 11.3. The second-order valence-electron chi connectivity index (χ2n) is 6.88. The Morgan fingerprint density at radius 1 is 1.12 bits per heavy atom. The van der Waals surface area contributed by atoms with Crippen molar-refractivity contribution < 1.29 is 14.3 Å². The highest BCUT2D eigenvalue weighted by Crippen LogP contribution is 2.36. The van der Waals surface area contributed by atoms with E-state index in [0.29, 0.717) is 26.1 Å². The highest BCUT2D eigenvalue weighted by Gasteiger charge is 2.41. The van der Waals surface area contributed by atoms with Crippen molar-refractivity contribution in [3.8, 4) is 5.75 Å². The van der Waals surface area contributed by atoms with E-state index in [9.17, 15) is 4.79 Å². The van der Waals surface area contributed by atoms with E-state index in [2.05, 4.69) is 12.2 Å². The molecular formula is C22H27NO3. The lowest BCUT2D eigenvalue weighted by atomic mass is 9.73. The highest BCUT2D eigenvalue weighted by molar-refractivity contribution is 5.99. The Hall–Kier alpha value is -2.33. The molecule has 0 aromatic heterocycles. The molecule has 0 unspecified atom stereocenters. The number of rotatable bonds is 6. The van der Waals surface area contributed by atoms with Gasteiger partial charge in [-0.1, -0.05) is 37.3 Å². The molecule has 26 heavy (non-hydrogen) atoms. The zero-order valence-corrected chi connectivity index (χ0v) is 15.5. The van der Waals surface area contributed by atoms with Gasteiger partial charge < -0.3 is 14.8 Å². The van der Waals surface area contributed by atoms with Crippen LogP contribution >= 0.6 is 0 Å². The summed E-state index contributed by atoms with van der Waals surface area (Å²) in [5.41, 5.74) is 1.30. The predicted molar refractivity (Wildman–Crippen MR) is 104 cm³/mol. The maximum absolute atomic E-state index is 13.2. The summed E-state index contributed by atoms with van der Waals surface area (Å²) in [6.45, 7) is 5.34. The van der Waals surface area contributed by atoms with Crippen LogP contribution in [-0.4, -0.2) is 25.2 Å². The molecule has 138 valence electrons. The van der Waals surface area contributed by atoms with Crippen molar-refractivity contribution in [3.63, 3.8) is 0 Å². The van der Waals surface area contributed by atoms with Crippen LogP contribution in [0, 0.1) is 0 Å². The highest BCUT2D eigenvalue weighted by atomic mass is 16.5. The molecular weight excluding hydrogens is 326 g/mol. The first-order chi connectivity index (χ1) is 12.6. The minimum Gasteiger partial charge on any atom is -0.491 e. The lowest BCUT2D eigenvalue weighted by Crippen LogP contribution is -2.44. The third-order valence-corrected chi connectivity index (χ3v) is 5.13. The van der Waals surface area contributed by atoms with Crippen molar-refractivity contribution in [1.82, 2.24) is 0 Å². The van der Waals surface area contributed by atoms with Gasteiger partial charge in [0, 0.05) is 18.9 Å². The van der Waals surface area contributed by atoms with E-state index in [1.54, 1.807) is 0 Å². The van der Waals surface area contributed by atoms with Crippen LogP contribution in [0.3, 0.4) is 0 Å². The minimum absolute atomic E-state index is 0.0302. The summed E-state index contributed by atoms with van der Waals surface area (Å²) in [5.74, 6) is 0.851. The van der Waals surface area contributed by atoms with Crippen molar-refractivity contribution in [1.29, 1.82) is 0 Å². The van der Waals surface area contributed by atoms with Crippen molar-refractivity contribution in [2.45, 2.75) is 44.6 Å². The Balaban J connectivity index is 1.76. The molecule has 1 N–H and O–H groups in total. The molecule has 0 spiro atoms. The fourth-order valence-corrected chi connectivity index (χ4v) is 3.31. The molecule has 0 bridgehead atoms. The summed E-state index contributed by atoms with van der Waals surface area (Å²) in [7, 11) is 0. The van der Waals surface area contributed by atoms with Crippen LogP contribution in [0.25, 0.3) is 0 Å². The van der Waals surface area contributed by atoms with E-state index in [4.69, 9.17) is 9.47 Å². The van der Waals surface area contributed by atoms with E-state index in [1.165, 1.54) is 0 Å². The zero-order chi connectivity index (χ0) is 18.4. The Labute approximate surface area is 155 Å². The molecule has 2 aromatic carbocycles. The van der Waals surface area contributed by atoms with Gasteiger partial charge in [-0.15, -0.1) is 0 Å². The zero-order valence-electron chi connectivity index (χ0n) is 15.5. The van der Waals surface area contributed by atoms with Gasteiger partial charge >= 0.3 is 0 Å². The molecule has 1 amide bonds. The Bertz CT molecular complexity index is 706. The molecule has 3 rings (SSSR count). The molecule has 1 aliphatic rings. The lowest BCUT2D eigenvalue weighted by Gasteiger charge is -2.36. The van der Waals surface area contributed by atoms with Gasteiger partial charge in [0.05, 0.1) is 11.5 Å². The summed E-state index contributed by atoms with van der Waals surface area (Å²) >= 11 is 0. The number of hydrogen-bond acceptors (Lipinski definition) is 3. The smallest absolute Gasteiger partial charge is 0.235 e. The third-order valence-electron chi connectivity index (χ3n) is 5.13. The Kier molecular flexibility index (Phi) is 5.94. The second kappa shape index (κ2) is 8.37. The first-order valence-electron chi connectivity index (χ1n) is 9.35. The van der Waals surface area contributed by atoms with Crippen molar-refractivity contribution >= 4 is 11.6 Å². The standard InChI is InChI=1S/C22H27NO3/c1-3-17(2)26-20-11-9-19(10-12-20)23-21(24)22(13-15-25-16-14-22)18-7-5-4-6-8-18/h4-12,17H,3,13-16H2,1-2H3,(H,23,24)/t17-/m0/s1. The molecule has 0 aliphatic carbocycles. The van der Waals surface area contributed by atoms with Gasteiger partial charge in [-0.25, -0.2) is 0 Å². The Morgan fingerprint density at radius 2 is 1.77 bits per heavy atom. The molecule has 0 saturated carbocycles. The number of benzene rings is 2. The molecule has 1 fully saturated rings. The quantitative estimate of drug-likeness (QED) is 0.829. The molecule has 4 nitrogen and oxygen atoms in total. The maximum Gasteiger partial charge on any atom is 0.235 e. The molecule has 0 radical (unpaired) electrons. The third kappa shape index (κ3) is 4.07. The van der Waals surface area contributed by atoms with Gasteiger partial charge in [0.2, 0.25) is 5.91 Å². The number of amides is 1. The van der Waals surface area contributed by atoms with Gasteiger partial charge in [-0.2, -0.15) is 0 Å². The van der Waals surface area contributed by atoms with E-state index >= 15 is 0 Å². The average Bonchev–Trinajstić information content (AvgIpc) is 2.70. The van der Waals surface area contributed by atoms with Crippen LogP contribution in [0.15, 0.2) is 54.6 Å². The molecule has 4 heteroatoms. The number of carbonyl (C=O) groups excluding carboxylic acids is 1. The summed E-state index contributed by atoms with van der Waals surface area (Å²) in [5, 5.41) is 3.10. The van der Waals surface area contributed by atoms with Crippen LogP contribution in [-0.2, 0) is 14.9 Å². The first-order valence-corrected chi connectivity index (χ1v) is 9.35. The predicted octanol–water partition coefficient (Wildman–Crippen LogP) is 4.55. The van der Waals surface area contributed by atoms with Crippen molar-refractivity contribution in [2.24, 2.45) is 0 Å². The minimum atomic E-state index is -0.536. The summed E-state index contributed by atoms with van der Waals surface area (Å²) in [6.07, 6.45) is 2.52. The fraction of sp³-hybridized carbons (Fsp3) is 0.409. The largest absolute Gasteiger partial charge is 0.491 e. The van der Waals surface area contributed by atoms with Gasteiger partial charge in [-0.3, -0.25) is 4.79 Å². The summed E-state index contributed by atoms with van der Waals surface area (Å²) in [4.78, 5) is 13.2. The topological polar surface area (TPSA) is 47.6 Å². The van der Waals surface area contributed by atoms with Gasteiger partial charge in [-0.05, 0) is 56.0 Å². The molecule has 2 aromatic rings. The molecule has 1 atom stereocenters. The number of carbonyl (C=O) groups is 1.